The summed E-state index contributed by atoms with van der Waals surface area (Å²) in [7, 11) is -4.24. The zero-order valence-electron chi connectivity index (χ0n) is 47.5. The van der Waals surface area contributed by atoms with Gasteiger partial charge in [-0.3, -0.25) is 13.8 Å². The summed E-state index contributed by atoms with van der Waals surface area (Å²) in [6.45, 7) is 15.4. The number of allylic oxidation sites excluding steroid dienone is 3. The van der Waals surface area contributed by atoms with Crippen molar-refractivity contribution in [2.24, 2.45) is 39.4 Å². The Kier molecular flexibility index (Phi) is 19.8. The number of fused-ring (bicyclic) bond motifs is 4. The Morgan fingerprint density at radius 1 is 0.728 bits per heavy atom. The maximum Gasteiger partial charge on any atom is 1.00 e. The van der Waals surface area contributed by atoms with Crippen LogP contribution < -0.4 is 29.6 Å². The van der Waals surface area contributed by atoms with Crippen molar-refractivity contribution >= 4 is 22.2 Å². The first kappa shape index (κ1) is 65.7. The van der Waals surface area contributed by atoms with Gasteiger partial charge in [0.2, 0.25) is 10.4 Å². The summed E-state index contributed by atoms with van der Waals surface area (Å²) in [5.41, 5.74) is -1.38. The van der Waals surface area contributed by atoms with Crippen LogP contribution >= 0.6 is 0 Å². The normalized spacial score (nSPS) is 49.5. The second-order valence-corrected chi connectivity index (χ2v) is 26.2. The molecule has 25 nitrogen and oxygen atoms in total. The third-order valence-corrected chi connectivity index (χ3v) is 20.9. The first-order valence-electron chi connectivity index (χ1n) is 27.9. The minimum Gasteiger partial charge on any atom is -0.726 e. The van der Waals surface area contributed by atoms with Crippen LogP contribution in [0.25, 0.3) is 0 Å². The van der Waals surface area contributed by atoms with Crippen molar-refractivity contribution in [1.29, 1.82) is 0 Å². The van der Waals surface area contributed by atoms with Gasteiger partial charge in [0.15, 0.2) is 36.5 Å². The zero-order chi connectivity index (χ0) is 58.6. The fourth-order valence-electron chi connectivity index (χ4n) is 16.0. The van der Waals surface area contributed by atoms with Gasteiger partial charge in [-0.15, -0.1) is 6.58 Å². The van der Waals surface area contributed by atoms with Gasteiger partial charge in [0.05, 0.1) is 37.4 Å². The van der Waals surface area contributed by atoms with Gasteiger partial charge >= 0.3 is 35.5 Å². The maximum atomic E-state index is 14.4. The Hall–Kier alpha value is -1.23. The smallest absolute Gasteiger partial charge is 0.726 e. The number of esters is 1. The molecule has 0 radical (unpaired) electrons. The van der Waals surface area contributed by atoms with Gasteiger partial charge in [0.25, 0.3) is 0 Å². The van der Waals surface area contributed by atoms with E-state index >= 15 is 0 Å². The molecule has 81 heavy (non-hydrogen) atoms. The molecule has 27 heteroatoms. The van der Waals surface area contributed by atoms with E-state index in [-0.39, 0.29) is 70.9 Å². The molecule has 9 N–H and O–H groups in total. The molecule has 27 atom stereocenters. The standard InChI is InChI=1S/C54H84O25S.Na/c1-23(2)10-13-32(57)53(8)31-15-18-52(7)26-11-12-30-50(4,5)33(16-17-51(30,6)25(26)14-19-54(31,52)49(65)78-53)74-48-44(36(60)29(22-70-48)79-80(66,67)68)77-45-38(62)37(61)41(24(3)71-45)75-47-40(64)43(35(59)28(21-56)73-47)76-46-39(63)42(69-9)34(58)27(20-55)72-46;/h11,24-25,27-31,33-48,55-56,58-64H,1,10,12-22H2,2-9H3,(H,66,67,68);/q;+1/p-1/t24-,25+,27-,28-,29-,30+,31-,33+,34-,35-,36+,37-,38-,39-,40-,41-,42+,43+,44-,45+,46+,47+,48+,51-,52+,53-,54-;/m1./s1. The molecule has 0 aromatic carbocycles. The summed E-state index contributed by atoms with van der Waals surface area (Å²) in [4.78, 5) is 28.2. The number of Topliss-reactive ketones (excluding diaryl/α,β-unsaturated/α-hetero) is 1. The van der Waals surface area contributed by atoms with Gasteiger partial charge in [-0.25, -0.2) is 8.42 Å². The first-order valence-corrected chi connectivity index (χ1v) is 29.2. The van der Waals surface area contributed by atoms with Crippen molar-refractivity contribution < 1.29 is 150 Å². The maximum absolute atomic E-state index is 14.4. The van der Waals surface area contributed by atoms with E-state index in [1.807, 2.05) is 6.92 Å². The zero-order valence-corrected chi connectivity index (χ0v) is 50.3. The SMILES string of the molecule is C=C(C)CCC(=O)[C@]1(C)OC(=O)[C@]23CC[C@H]4C(=CC[C@H]5C(C)(C)[C@@H](O[C@@H]6OC[C@@H](OS(=O)(=O)[O-])[C@H](O)[C@H]6O[C@@H]6O[C@H](C)[C@@H](O[C@@H]7O[C@H](CO)[C@@H](O)[C@H](O[C@@H]8O[C@H](CO)[C@@H](O)[C@H](OC)[C@H]8O)[C@H]7O)[C@H](O)[C@H]6O)CC[C@]45C)[C@]2(C)CC[C@H]13.[Na+]. The van der Waals surface area contributed by atoms with E-state index in [1.165, 1.54) is 19.6 Å². The van der Waals surface area contributed by atoms with Crippen LogP contribution in [0.5, 0.6) is 0 Å². The quantitative estimate of drug-likeness (QED) is 0.0222. The number of carbonyl (C=O) groups excluding carboxylic acids is 2. The average Bonchev–Trinajstić information content (AvgIpc) is 4.03. The van der Waals surface area contributed by atoms with Crippen LogP contribution in [0.2, 0.25) is 0 Å². The molecule has 456 valence electrons. The third-order valence-electron chi connectivity index (χ3n) is 20.4. The summed E-state index contributed by atoms with van der Waals surface area (Å²) < 4.78 is 99.7. The van der Waals surface area contributed by atoms with Gasteiger partial charge < -0.3 is 97.9 Å². The molecule has 5 saturated heterocycles. The summed E-state index contributed by atoms with van der Waals surface area (Å²) in [5.74, 6) is -0.541. The molecule has 1 spiro atoms. The van der Waals surface area contributed by atoms with Crippen LogP contribution in [0.1, 0.15) is 106 Å². The molecular weight excluding hydrogens is 1100 g/mol. The molecule has 3 saturated carbocycles. The fourth-order valence-corrected chi connectivity index (χ4v) is 16.5. The van der Waals surface area contributed by atoms with Crippen LogP contribution in [0, 0.1) is 39.4 Å². The van der Waals surface area contributed by atoms with Gasteiger partial charge in [0, 0.05) is 24.9 Å². The molecule has 8 fully saturated rings. The fraction of sp³-hybridized carbons (Fsp3) is 0.889. The van der Waals surface area contributed by atoms with Crippen LogP contribution in [0.15, 0.2) is 23.8 Å². The van der Waals surface area contributed by atoms with Gasteiger partial charge in [-0.1, -0.05) is 44.9 Å². The van der Waals surface area contributed by atoms with Crippen molar-refractivity contribution in [2.45, 2.75) is 235 Å². The van der Waals surface area contributed by atoms with E-state index < -0.39 is 175 Å². The van der Waals surface area contributed by atoms with Crippen LogP contribution in [-0.2, 0) is 71.5 Å². The number of methoxy groups -OCH3 is 1. The summed E-state index contributed by atoms with van der Waals surface area (Å²) >= 11 is 0. The molecule has 4 aliphatic carbocycles. The second kappa shape index (κ2) is 24.4. The number of cyclic esters (lactones) is 1. The van der Waals surface area contributed by atoms with E-state index in [0.29, 0.717) is 44.9 Å². The number of carbonyl (C=O) groups is 2. The largest absolute Gasteiger partial charge is 1.00 e. The number of rotatable bonds is 17. The van der Waals surface area contributed by atoms with Crippen molar-refractivity contribution in [2.75, 3.05) is 26.9 Å². The van der Waals surface area contributed by atoms with Crippen molar-refractivity contribution in [1.82, 2.24) is 0 Å². The Morgan fingerprint density at radius 3 is 1.93 bits per heavy atom. The van der Waals surface area contributed by atoms with E-state index in [0.717, 1.165) is 12.0 Å². The molecule has 5 aliphatic heterocycles. The molecule has 5 heterocycles. The minimum absolute atomic E-state index is 0. The minimum atomic E-state index is -5.42. The monoisotopic (exact) mass is 1190 g/mol. The van der Waals surface area contributed by atoms with E-state index in [2.05, 4.69) is 44.5 Å². The van der Waals surface area contributed by atoms with E-state index in [1.54, 1.807) is 6.92 Å². The molecular formula is C54H83NaO25S. The number of ketones is 1. The molecule has 0 unspecified atom stereocenters. The number of ether oxygens (including phenoxy) is 10. The predicted molar refractivity (Wildman–Crippen MR) is 269 cm³/mol. The Balaban J connectivity index is 0.00000860. The van der Waals surface area contributed by atoms with Gasteiger partial charge in [0.1, 0.15) is 85.5 Å². The van der Waals surface area contributed by atoms with Crippen LogP contribution in [0.3, 0.4) is 0 Å². The van der Waals surface area contributed by atoms with Gasteiger partial charge in [-0.05, 0) is 94.8 Å². The van der Waals surface area contributed by atoms with Crippen molar-refractivity contribution in [3.05, 3.63) is 23.8 Å². The first-order chi connectivity index (χ1) is 37.4. The average molecular weight is 1190 g/mol. The molecule has 9 rings (SSSR count). The Labute approximate surface area is 494 Å². The number of hydrogen-bond donors (Lipinski definition) is 9. The topological polar surface area (TPSA) is 375 Å². The Bertz CT molecular complexity index is 2430. The number of hydrogen-bond acceptors (Lipinski definition) is 25. The van der Waals surface area contributed by atoms with E-state index in [4.69, 9.17) is 47.4 Å². The van der Waals surface area contributed by atoms with Crippen molar-refractivity contribution in [3.63, 3.8) is 0 Å². The number of aliphatic hydroxyl groups excluding tert-OH is 9. The summed E-state index contributed by atoms with van der Waals surface area (Å²) in [6, 6.07) is 0. The van der Waals surface area contributed by atoms with Gasteiger partial charge in [-0.2, -0.15) is 0 Å². The molecule has 0 bridgehead atoms. The van der Waals surface area contributed by atoms with Crippen molar-refractivity contribution in [3.8, 4) is 0 Å². The predicted octanol–water partition coefficient (Wildman–Crippen LogP) is -3.72. The number of aliphatic hydroxyl groups is 9. The molecule has 0 aromatic rings. The summed E-state index contributed by atoms with van der Waals surface area (Å²) in [5, 5.41) is 99.0. The summed E-state index contributed by atoms with van der Waals surface area (Å²) in [6.07, 6.45) is -25.2. The molecule has 9 aliphatic rings. The Morgan fingerprint density at radius 2 is 1.32 bits per heavy atom. The van der Waals surface area contributed by atoms with E-state index in [9.17, 15) is 68.5 Å². The van der Waals surface area contributed by atoms with Crippen LogP contribution in [-0.4, -0.2) is 226 Å². The molecule has 0 amide bonds. The molecule has 0 aromatic heterocycles. The second-order valence-electron chi connectivity index (χ2n) is 25.1. The third kappa shape index (κ3) is 11.3. The van der Waals surface area contributed by atoms with Crippen LogP contribution in [0.4, 0.5) is 0 Å².